The van der Waals surface area contributed by atoms with Crippen molar-refractivity contribution in [2.75, 3.05) is 0 Å². The van der Waals surface area contributed by atoms with Gasteiger partial charge in [0.15, 0.2) is 10.8 Å². The Kier molecular flexibility index (Phi) is 4.45. The standard InChI is InChI=1S/C23H13ClN2O5/c1-12-19(20(26-31-12)13-5-3-2-4-6-13)22-25-17(23(28)30-22)9-14-11-29-18-8-7-15(24)10-16(18)21(14)27/h2-11,25H,1H2/b17-9-,22-19?. The van der Waals surface area contributed by atoms with Crippen molar-refractivity contribution in [2.24, 2.45) is 0 Å². The fourth-order valence-electron chi connectivity index (χ4n) is 3.28. The number of aromatic amines is 1. The summed E-state index contributed by atoms with van der Waals surface area (Å²) >= 11 is 5.99. The Morgan fingerprint density at radius 3 is 2.71 bits per heavy atom. The van der Waals surface area contributed by atoms with Gasteiger partial charge in [0.25, 0.3) is 0 Å². The van der Waals surface area contributed by atoms with Crippen LogP contribution in [0.5, 0.6) is 0 Å². The van der Waals surface area contributed by atoms with E-state index in [1.165, 1.54) is 18.4 Å². The second kappa shape index (κ2) is 7.30. The Labute approximate surface area is 177 Å². The summed E-state index contributed by atoms with van der Waals surface area (Å²) in [5.74, 6) is 0. The number of rotatable bonds is 2. The van der Waals surface area contributed by atoms with Gasteiger partial charge in [0.1, 0.15) is 28.1 Å². The van der Waals surface area contributed by atoms with Crippen LogP contribution in [0.2, 0.25) is 5.02 Å². The molecule has 3 aromatic heterocycles. The Bertz CT molecular complexity index is 1760. The zero-order valence-corrected chi connectivity index (χ0v) is 16.6. The third-order valence-electron chi connectivity index (χ3n) is 4.76. The van der Waals surface area contributed by atoms with Crippen molar-refractivity contribution in [3.8, 4) is 11.3 Å². The molecule has 0 amide bonds. The molecule has 5 rings (SSSR count). The van der Waals surface area contributed by atoms with Crippen molar-refractivity contribution in [2.45, 2.75) is 0 Å². The molecule has 3 heterocycles. The van der Waals surface area contributed by atoms with Crippen LogP contribution in [0.4, 0.5) is 0 Å². The van der Waals surface area contributed by atoms with Gasteiger partial charge in [-0.25, -0.2) is 4.79 Å². The number of benzene rings is 2. The van der Waals surface area contributed by atoms with Gasteiger partial charge < -0.3 is 18.3 Å². The maximum atomic E-state index is 12.8. The molecule has 152 valence electrons. The average Bonchev–Trinajstić information content (AvgIpc) is 3.33. The lowest BCUT2D eigenvalue weighted by atomic mass is 10.1. The molecule has 0 spiro atoms. The molecule has 0 aliphatic rings. The minimum atomic E-state index is -0.666. The van der Waals surface area contributed by atoms with Gasteiger partial charge in [-0.3, -0.25) is 4.79 Å². The van der Waals surface area contributed by atoms with Crippen molar-refractivity contribution in [3.05, 3.63) is 108 Å². The van der Waals surface area contributed by atoms with Crippen LogP contribution in [0.15, 0.2) is 77.7 Å². The molecule has 0 bridgehead atoms. The number of H-pyrrole nitrogens is 1. The van der Waals surface area contributed by atoms with E-state index in [0.717, 1.165) is 5.56 Å². The number of oxazole rings is 1. The smallest absolute Gasteiger partial charge is 0.361 e. The zero-order valence-electron chi connectivity index (χ0n) is 15.8. The molecule has 5 aromatic rings. The Morgan fingerprint density at radius 2 is 1.90 bits per heavy atom. The molecule has 1 N–H and O–H groups in total. The quantitative estimate of drug-likeness (QED) is 0.460. The van der Waals surface area contributed by atoms with Crippen LogP contribution in [0.1, 0.15) is 5.56 Å². The molecule has 8 heteroatoms. The average molecular weight is 433 g/mol. The first-order valence-electron chi connectivity index (χ1n) is 9.17. The Hall–Kier alpha value is -4.10. The van der Waals surface area contributed by atoms with E-state index in [-0.39, 0.29) is 27.3 Å². The molecule has 0 saturated heterocycles. The highest BCUT2D eigenvalue weighted by molar-refractivity contribution is 6.31. The topological polar surface area (TPSA) is 102 Å². The van der Waals surface area contributed by atoms with Crippen molar-refractivity contribution in [1.29, 1.82) is 0 Å². The molecule has 0 aliphatic carbocycles. The number of hydrogen-bond donors (Lipinski definition) is 1. The van der Waals surface area contributed by atoms with Gasteiger partial charge in [0.2, 0.25) is 5.55 Å². The van der Waals surface area contributed by atoms with Crippen LogP contribution in [0.25, 0.3) is 34.9 Å². The van der Waals surface area contributed by atoms with Crippen LogP contribution in [-0.4, -0.2) is 10.1 Å². The van der Waals surface area contributed by atoms with Gasteiger partial charge in [-0.1, -0.05) is 53.7 Å². The van der Waals surface area contributed by atoms with E-state index < -0.39 is 5.63 Å². The lowest BCUT2D eigenvalue weighted by Gasteiger charge is -1.98. The lowest BCUT2D eigenvalue weighted by molar-refractivity contribution is 0.396. The second-order valence-electron chi connectivity index (χ2n) is 6.76. The summed E-state index contributed by atoms with van der Waals surface area (Å²) in [6.45, 7) is 3.82. The number of hydrogen-bond acceptors (Lipinski definition) is 6. The van der Waals surface area contributed by atoms with E-state index in [1.807, 2.05) is 30.3 Å². The lowest BCUT2D eigenvalue weighted by Crippen LogP contribution is -2.22. The third-order valence-corrected chi connectivity index (χ3v) is 5.00. The SMILES string of the molecule is C=c1onc(-c2ccccc2)c1=c1[nH]/c(=C\c2coc3ccc(Cl)cc3c2=O)c(=O)o1. The van der Waals surface area contributed by atoms with Gasteiger partial charge in [-0.15, -0.1) is 0 Å². The van der Waals surface area contributed by atoms with Gasteiger partial charge in [0.05, 0.1) is 10.9 Å². The van der Waals surface area contributed by atoms with Crippen molar-refractivity contribution in [1.82, 2.24) is 10.1 Å². The van der Waals surface area contributed by atoms with Crippen LogP contribution in [0.3, 0.4) is 0 Å². The highest BCUT2D eigenvalue weighted by Gasteiger charge is 2.11. The van der Waals surface area contributed by atoms with Gasteiger partial charge in [-0.2, -0.15) is 0 Å². The minimum absolute atomic E-state index is 0.0586. The molecular formula is C23H13ClN2O5. The first-order chi connectivity index (χ1) is 15.0. The summed E-state index contributed by atoms with van der Waals surface area (Å²) < 4.78 is 16.1. The molecule has 0 fully saturated rings. The normalized spacial score (nSPS) is 13.1. The molecule has 7 nitrogen and oxygen atoms in total. The van der Waals surface area contributed by atoms with Crippen LogP contribution in [-0.2, 0) is 0 Å². The molecular weight excluding hydrogens is 420 g/mol. The maximum Gasteiger partial charge on any atom is 0.361 e. The highest BCUT2D eigenvalue weighted by atomic mass is 35.5. The van der Waals surface area contributed by atoms with Gasteiger partial charge in [-0.05, 0) is 24.3 Å². The van der Waals surface area contributed by atoms with Crippen molar-refractivity contribution < 1.29 is 13.4 Å². The minimum Gasteiger partial charge on any atom is -0.463 e. The maximum absolute atomic E-state index is 12.8. The Morgan fingerprint density at radius 1 is 1.10 bits per heavy atom. The fraction of sp³-hybridized carbons (Fsp3) is 0. The number of halogens is 1. The first kappa shape index (κ1) is 18.9. The molecule has 0 radical (unpaired) electrons. The molecule has 0 atom stereocenters. The molecule has 0 saturated carbocycles. The zero-order chi connectivity index (χ0) is 21.5. The third kappa shape index (κ3) is 3.31. The van der Waals surface area contributed by atoms with E-state index in [0.29, 0.717) is 26.9 Å². The molecule has 31 heavy (non-hydrogen) atoms. The fourth-order valence-corrected chi connectivity index (χ4v) is 3.45. The van der Waals surface area contributed by atoms with Crippen LogP contribution >= 0.6 is 11.6 Å². The molecule has 2 aromatic carbocycles. The van der Waals surface area contributed by atoms with Crippen LogP contribution in [0, 0.1) is 10.8 Å². The summed E-state index contributed by atoms with van der Waals surface area (Å²) in [7, 11) is 0. The number of nitrogens with one attached hydrogen (secondary N) is 1. The van der Waals surface area contributed by atoms with E-state index in [1.54, 1.807) is 12.1 Å². The summed E-state index contributed by atoms with van der Waals surface area (Å²) in [5.41, 5.74) is 1.16. The Balaban J connectivity index is 1.78. The van der Waals surface area contributed by atoms with E-state index in [9.17, 15) is 9.59 Å². The van der Waals surface area contributed by atoms with Gasteiger partial charge >= 0.3 is 5.63 Å². The summed E-state index contributed by atoms with van der Waals surface area (Å²) in [4.78, 5) is 28.2. The first-order valence-corrected chi connectivity index (χ1v) is 9.55. The number of fused-ring (bicyclic) bond motifs is 1. The molecule has 0 aliphatic heterocycles. The highest BCUT2D eigenvalue weighted by Crippen LogP contribution is 2.17. The molecule has 0 unspecified atom stereocenters. The monoisotopic (exact) mass is 432 g/mol. The predicted octanol–water partition coefficient (Wildman–Crippen LogP) is 2.91. The predicted molar refractivity (Wildman–Crippen MR) is 115 cm³/mol. The van der Waals surface area contributed by atoms with E-state index >= 15 is 0 Å². The van der Waals surface area contributed by atoms with E-state index in [2.05, 4.69) is 16.7 Å². The summed E-state index contributed by atoms with van der Waals surface area (Å²) in [6, 6.07) is 14.0. The summed E-state index contributed by atoms with van der Waals surface area (Å²) in [6.07, 6.45) is 2.64. The van der Waals surface area contributed by atoms with E-state index in [4.69, 9.17) is 25.0 Å². The number of aromatic nitrogens is 2. The van der Waals surface area contributed by atoms with Crippen molar-refractivity contribution in [3.63, 3.8) is 0 Å². The van der Waals surface area contributed by atoms with Crippen LogP contribution < -0.4 is 21.8 Å². The summed E-state index contributed by atoms with van der Waals surface area (Å²) in [5, 5.41) is 5.22. The van der Waals surface area contributed by atoms with Crippen molar-refractivity contribution >= 4 is 35.2 Å². The number of nitrogens with zero attached hydrogens (tertiary/aromatic N) is 1. The van der Waals surface area contributed by atoms with Gasteiger partial charge in [0, 0.05) is 10.6 Å². The largest absolute Gasteiger partial charge is 0.463 e. The second-order valence-corrected chi connectivity index (χ2v) is 7.19.